The molecular formula is C18H27N3O2. The summed E-state index contributed by atoms with van der Waals surface area (Å²) in [5.41, 5.74) is -0.269. The van der Waals surface area contributed by atoms with Gasteiger partial charge in [0.2, 0.25) is 0 Å². The highest BCUT2D eigenvalue weighted by Gasteiger charge is 2.48. The van der Waals surface area contributed by atoms with Crippen molar-refractivity contribution in [2.24, 2.45) is 5.41 Å². The van der Waals surface area contributed by atoms with Gasteiger partial charge < -0.3 is 14.9 Å². The number of aromatic nitrogens is 1. The van der Waals surface area contributed by atoms with Gasteiger partial charge in [0, 0.05) is 37.8 Å². The van der Waals surface area contributed by atoms with E-state index in [9.17, 15) is 9.90 Å². The van der Waals surface area contributed by atoms with Crippen molar-refractivity contribution in [1.29, 1.82) is 0 Å². The lowest BCUT2D eigenvalue weighted by Crippen LogP contribution is -2.40. The van der Waals surface area contributed by atoms with E-state index in [1.54, 1.807) is 6.20 Å². The van der Waals surface area contributed by atoms with E-state index in [1.807, 2.05) is 24.0 Å². The van der Waals surface area contributed by atoms with Gasteiger partial charge in [-0.15, -0.1) is 0 Å². The highest BCUT2D eigenvalue weighted by atomic mass is 16.3. The van der Waals surface area contributed by atoms with E-state index in [0.29, 0.717) is 12.1 Å². The molecule has 0 aromatic carbocycles. The number of amides is 1. The summed E-state index contributed by atoms with van der Waals surface area (Å²) in [6.07, 6.45) is 5.07. The van der Waals surface area contributed by atoms with E-state index in [2.05, 4.69) is 23.7 Å². The van der Waals surface area contributed by atoms with Crippen LogP contribution in [0.4, 0.5) is 5.82 Å². The maximum absolute atomic E-state index is 12.5. The molecule has 3 rings (SSSR count). The van der Waals surface area contributed by atoms with Gasteiger partial charge in [-0.2, -0.15) is 0 Å². The van der Waals surface area contributed by atoms with Crippen molar-refractivity contribution in [1.82, 2.24) is 9.88 Å². The first kappa shape index (κ1) is 16.2. The molecular weight excluding hydrogens is 290 g/mol. The van der Waals surface area contributed by atoms with Crippen molar-refractivity contribution >= 4 is 11.7 Å². The second-order valence-electron chi connectivity index (χ2n) is 7.77. The third kappa shape index (κ3) is 3.07. The summed E-state index contributed by atoms with van der Waals surface area (Å²) in [4.78, 5) is 21.0. The Hall–Kier alpha value is -1.62. The molecule has 1 aromatic heterocycles. The van der Waals surface area contributed by atoms with Gasteiger partial charge in [-0.25, -0.2) is 4.98 Å². The van der Waals surface area contributed by atoms with Gasteiger partial charge >= 0.3 is 0 Å². The normalized spacial score (nSPS) is 27.3. The Bertz CT molecular complexity index is 558. The molecule has 0 unspecified atom stereocenters. The van der Waals surface area contributed by atoms with Gasteiger partial charge in [0.05, 0.1) is 11.2 Å². The van der Waals surface area contributed by atoms with Gasteiger partial charge in [0.1, 0.15) is 5.82 Å². The molecule has 2 aliphatic rings. The number of piperidine rings is 1. The Labute approximate surface area is 138 Å². The number of carbonyl (C=O) groups excluding carboxylic acids is 1. The topological polar surface area (TPSA) is 56.7 Å². The Balaban J connectivity index is 1.71. The minimum absolute atomic E-state index is 0.0810. The Morgan fingerprint density at radius 1 is 1.13 bits per heavy atom. The predicted octanol–water partition coefficient (Wildman–Crippen LogP) is 2.30. The summed E-state index contributed by atoms with van der Waals surface area (Å²) in [5.74, 6) is 0.906. The molecule has 0 aliphatic carbocycles. The molecule has 5 heteroatoms. The Morgan fingerprint density at radius 3 is 2.35 bits per heavy atom. The number of likely N-dealkylation sites (tertiary alicyclic amines) is 1. The van der Waals surface area contributed by atoms with E-state index in [1.165, 1.54) is 6.42 Å². The lowest BCUT2D eigenvalue weighted by Gasteiger charge is -2.30. The zero-order valence-corrected chi connectivity index (χ0v) is 14.4. The minimum Gasteiger partial charge on any atom is -0.388 e. The van der Waals surface area contributed by atoms with Crippen LogP contribution in [0.1, 0.15) is 50.4 Å². The van der Waals surface area contributed by atoms with Crippen LogP contribution in [0.3, 0.4) is 0 Å². The van der Waals surface area contributed by atoms with Crippen molar-refractivity contribution < 1.29 is 9.90 Å². The van der Waals surface area contributed by atoms with E-state index in [0.717, 1.165) is 38.3 Å². The number of hydrogen-bond acceptors (Lipinski definition) is 4. The number of anilines is 1. The molecule has 0 radical (unpaired) electrons. The van der Waals surface area contributed by atoms with Crippen molar-refractivity contribution in [3.8, 4) is 0 Å². The molecule has 0 bridgehead atoms. The number of carbonyl (C=O) groups is 1. The molecule has 3 heterocycles. The number of rotatable bonds is 2. The standard InChI is InChI=1S/C18H27N3O2/c1-17(2)12-21(13-18(17,3)23)15-8-7-14(11-19-15)16(22)20-9-5-4-6-10-20/h7-8,11,23H,4-6,9-10,12-13H2,1-3H3/t18-/m0/s1. The fourth-order valence-corrected chi connectivity index (χ4v) is 3.43. The van der Waals surface area contributed by atoms with Crippen LogP contribution in [0.15, 0.2) is 18.3 Å². The molecule has 1 amide bonds. The SMILES string of the molecule is CC1(C)CN(c2ccc(C(=O)N3CCCCC3)cn2)C[C@]1(C)O. The average Bonchev–Trinajstić information content (AvgIpc) is 2.76. The molecule has 2 saturated heterocycles. The molecule has 1 aromatic rings. The van der Waals surface area contributed by atoms with Crippen LogP contribution in [0, 0.1) is 5.41 Å². The van der Waals surface area contributed by atoms with E-state index in [-0.39, 0.29) is 11.3 Å². The summed E-state index contributed by atoms with van der Waals surface area (Å²) in [6, 6.07) is 3.76. The Kier molecular flexibility index (Phi) is 4.08. The van der Waals surface area contributed by atoms with Gasteiger partial charge in [0.25, 0.3) is 5.91 Å². The quantitative estimate of drug-likeness (QED) is 0.909. The largest absolute Gasteiger partial charge is 0.388 e. The van der Waals surface area contributed by atoms with Crippen LogP contribution in [0.5, 0.6) is 0 Å². The van der Waals surface area contributed by atoms with E-state index >= 15 is 0 Å². The predicted molar refractivity (Wildman–Crippen MR) is 90.6 cm³/mol. The molecule has 5 nitrogen and oxygen atoms in total. The van der Waals surface area contributed by atoms with Gasteiger partial charge in [-0.05, 0) is 38.3 Å². The Morgan fingerprint density at radius 2 is 1.83 bits per heavy atom. The van der Waals surface area contributed by atoms with Crippen LogP contribution in [-0.4, -0.2) is 52.7 Å². The zero-order valence-electron chi connectivity index (χ0n) is 14.4. The van der Waals surface area contributed by atoms with Crippen LogP contribution in [-0.2, 0) is 0 Å². The van der Waals surface area contributed by atoms with Gasteiger partial charge in [-0.1, -0.05) is 13.8 Å². The minimum atomic E-state index is -0.739. The number of aliphatic hydroxyl groups is 1. The van der Waals surface area contributed by atoms with Crippen LogP contribution in [0.2, 0.25) is 0 Å². The molecule has 23 heavy (non-hydrogen) atoms. The molecule has 1 atom stereocenters. The summed E-state index contributed by atoms with van der Waals surface area (Å²) in [5, 5.41) is 10.5. The fourth-order valence-electron chi connectivity index (χ4n) is 3.43. The molecule has 0 spiro atoms. The third-order valence-electron chi connectivity index (χ3n) is 5.50. The highest BCUT2D eigenvalue weighted by molar-refractivity contribution is 5.94. The molecule has 2 fully saturated rings. The number of β-amino-alcohol motifs (C(OH)–C–C–N with tert-alkyl or cyclic N) is 1. The van der Waals surface area contributed by atoms with Crippen molar-refractivity contribution in [2.75, 3.05) is 31.1 Å². The van der Waals surface area contributed by atoms with Gasteiger partial charge in [0.15, 0.2) is 0 Å². The number of pyridine rings is 1. The summed E-state index contributed by atoms with van der Waals surface area (Å²) in [7, 11) is 0. The number of hydrogen-bond donors (Lipinski definition) is 1. The molecule has 1 N–H and O–H groups in total. The van der Waals surface area contributed by atoms with Crippen molar-refractivity contribution in [3.05, 3.63) is 23.9 Å². The first-order chi connectivity index (χ1) is 10.8. The van der Waals surface area contributed by atoms with E-state index < -0.39 is 5.60 Å². The first-order valence-electron chi connectivity index (χ1n) is 8.53. The second-order valence-corrected chi connectivity index (χ2v) is 7.77. The van der Waals surface area contributed by atoms with Crippen LogP contribution >= 0.6 is 0 Å². The van der Waals surface area contributed by atoms with E-state index in [4.69, 9.17) is 0 Å². The first-order valence-corrected chi connectivity index (χ1v) is 8.53. The van der Waals surface area contributed by atoms with Gasteiger partial charge in [-0.3, -0.25) is 4.79 Å². The highest BCUT2D eigenvalue weighted by Crippen LogP contribution is 2.39. The lowest BCUT2D eigenvalue weighted by molar-refractivity contribution is -0.00891. The van der Waals surface area contributed by atoms with Crippen LogP contribution < -0.4 is 4.90 Å². The van der Waals surface area contributed by atoms with Crippen molar-refractivity contribution in [2.45, 2.75) is 45.6 Å². The number of nitrogens with zero attached hydrogens (tertiary/aromatic N) is 3. The maximum atomic E-state index is 12.5. The molecule has 126 valence electrons. The summed E-state index contributed by atoms with van der Waals surface area (Å²) in [6.45, 7) is 9.04. The third-order valence-corrected chi connectivity index (χ3v) is 5.50. The summed E-state index contributed by atoms with van der Waals surface area (Å²) < 4.78 is 0. The zero-order chi connectivity index (χ0) is 16.7. The molecule has 2 aliphatic heterocycles. The second kappa shape index (κ2) is 5.78. The van der Waals surface area contributed by atoms with Crippen molar-refractivity contribution in [3.63, 3.8) is 0 Å². The lowest BCUT2D eigenvalue weighted by atomic mass is 9.79. The monoisotopic (exact) mass is 317 g/mol. The van der Waals surface area contributed by atoms with Crippen LogP contribution in [0.25, 0.3) is 0 Å². The summed E-state index contributed by atoms with van der Waals surface area (Å²) >= 11 is 0. The smallest absolute Gasteiger partial charge is 0.255 e. The molecule has 0 saturated carbocycles. The fraction of sp³-hybridized carbons (Fsp3) is 0.667. The maximum Gasteiger partial charge on any atom is 0.255 e. The average molecular weight is 317 g/mol.